The zero-order valence-electron chi connectivity index (χ0n) is 10.6. The average molecular weight is 302 g/mol. The summed E-state index contributed by atoms with van der Waals surface area (Å²) in [4.78, 5) is 22.2. The summed E-state index contributed by atoms with van der Waals surface area (Å²) in [5, 5.41) is 0.479. The van der Waals surface area contributed by atoms with Gasteiger partial charge in [-0.15, -0.1) is 0 Å². The zero-order valence-corrected chi connectivity index (χ0v) is 10.6. The number of nitrogens with one attached hydrogen (secondary N) is 2. The number of alkyl halides is 3. The highest BCUT2D eigenvalue weighted by atomic mass is 19.4. The Morgan fingerprint density at radius 1 is 1.24 bits per heavy atom. The van der Waals surface area contributed by atoms with Crippen LogP contribution in [0.25, 0.3) is 11.0 Å². The molecule has 0 saturated heterocycles. The van der Waals surface area contributed by atoms with Gasteiger partial charge in [0, 0.05) is 6.07 Å². The Balaban J connectivity index is 2.15. The number of furan rings is 1. The molecular weight excluding hydrogens is 293 g/mol. The molecular formula is C12H9F3N2O4. The third kappa shape index (κ3) is 3.07. The van der Waals surface area contributed by atoms with Crippen LogP contribution >= 0.6 is 0 Å². The van der Waals surface area contributed by atoms with Crippen molar-refractivity contribution in [3.05, 3.63) is 30.0 Å². The van der Waals surface area contributed by atoms with Gasteiger partial charge in [0.15, 0.2) is 5.76 Å². The quantitative estimate of drug-likeness (QED) is 0.828. The highest BCUT2D eigenvalue weighted by Crippen LogP contribution is 2.28. The molecule has 21 heavy (non-hydrogen) atoms. The van der Waals surface area contributed by atoms with Crippen LogP contribution in [0.3, 0.4) is 0 Å². The number of amides is 2. The van der Waals surface area contributed by atoms with Crippen LogP contribution in [0, 0.1) is 0 Å². The number of fused-ring (bicyclic) bond motifs is 1. The minimum atomic E-state index is -5.09. The van der Waals surface area contributed by atoms with Crippen LogP contribution in [-0.4, -0.2) is 25.1 Å². The smallest absolute Gasteiger partial charge is 0.472 e. The second kappa shape index (κ2) is 5.35. The number of rotatable bonds is 2. The molecule has 6 nitrogen and oxygen atoms in total. The topological polar surface area (TPSA) is 80.6 Å². The van der Waals surface area contributed by atoms with Crippen molar-refractivity contribution >= 4 is 22.8 Å². The number of halogens is 3. The van der Waals surface area contributed by atoms with Crippen LogP contribution in [-0.2, 0) is 4.79 Å². The maximum absolute atomic E-state index is 12.0. The average Bonchev–Trinajstić information content (AvgIpc) is 2.87. The third-order valence-corrected chi connectivity index (χ3v) is 2.51. The van der Waals surface area contributed by atoms with E-state index in [1.54, 1.807) is 23.6 Å². The predicted octanol–water partition coefficient (Wildman–Crippen LogP) is 1.76. The molecule has 0 radical (unpaired) electrons. The Labute approximate surface area is 115 Å². The molecule has 2 rings (SSSR count). The summed E-state index contributed by atoms with van der Waals surface area (Å²) in [5.41, 5.74) is 3.17. The Bertz CT molecular complexity index is 693. The highest BCUT2D eigenvalue weighted by molar-refractivity contribution is 5.98. The molecule has 2 N–H and O–H groups in total. The molecule has 2 amide bonds. The summed E-state index contributed by atoms with van der Waals surface area (Å²) in [6.45, 7) is 0. The van der Waals surface area contributed by atoms with E-state index in [-0.39, 0.29) is 5.76 Å². The molecule has 0 aliphatic rings. The fourth-order valence-corrected chi connectivity index (χ4v) is 1.57. The van der Waals surface area contributed by atoms with Crippen molar-refractivity contribution in [2.24, 2.45) is 0 Å². The SMILES string of the molecule is COc1cccc2oc(C(=O)NNC(=O)C(F)(F)F)cc12. The van der Waals surface area contributed by atoms with E-state index in [1.165, 1.54) is 18.6 Å². The van der Waals surface area contributed by atoms with Crippen molar-refractivity contribution in [1.29, 1.82) is 0 Å². The van der Waals surface area contributed by atoms with Gasteiger partial charge in [-0.2, -0.15) is 13.2 Å². The van der Waals surface area contributed by atoms with Gasteiger partial charge < -0.3 is 9.15 Å². The molecule has 0 bridgehead atoms. The van der Waals surface area contributed by atoms with Gasteiger partial charge in [-0.05, 0) is 12.1 Å². The first-order chi connectivity index (χ1) is 9.82. The fourth-order valence-electron chi connectivity index (χ4n) is 1.57. The van der Waals surface area contributed by atoms with Crippen molar-refractivity contribution in [2.75, 3.05) is 7.11 Å². The maximum atomic E-state index is 12.0. The van der Waals surface area contributed by atoms with Gasteiger partial charge in [0.2, 0.25) is 0 Å². The lowest BCUT2D eigenvalue weighted by atomic mass is 10.2. The maximum Gasteiger partial charge on any atom is 0.472 e. The van der Waals surface area contributed by atoms with Crippen molar-refractivity contribution in [2.45, 2.75) is 6.18 Å². The number of carbonyl (C=O) groups is 2. The van der Waals surface area contributed by atoms with Gasteiger partial charge in [-0.3, -0.25) is 20.4 Å². The standard InChI is InChI=1S/C12H9F3N2O4/c1-20-7-3-2-4-8-6(7)5-9(21-8)10(18)16-17-11(19)12(13,14)15/h2-5H,1H3,(H,16,18)(H,17,19). The Kier molecular flexibility index (Phi) is 3.74. The predicted molar refractivity (Wildman–Crippen MR) is 64.4 cm³/mol. The lowest BCUT2D eigenvalue weighted by Gasteiger charge is -2.07. The van der Waals surface area contributed by atoms with E-state index < -0.39 is 18.0 Å². The van der Waals surface area contributed by atoms with Crippen LogP contribution in [0.15, 0.2) is 28.7 Å². The molecule has 9 heteroatoms. The number of ether oxygens (including phenoxy) is 1. The van der Waals surface area contributed by atoms with Crippen molar-refractivity contribution in [3.63, 3.8) is 0 Å². The van der Waals surface area contributed by atoms with Crippen LogP contribution in [0.1, 0.15) is 10.6 Å². The van der Waals surface area contributed by atoms with Gasteiger partial charge in [0.1, 0.15) is 11.3 Å². The second-order valence-electron chi connectivity index (χ2n) is 3.89. The molecule has 1 aromatic carbocycles. The molecule has 0 aliphatic carbocycles. The third-order valence-electron chi connectivity index (χ3n) is 2.51. The molecule has 112 valence electrons. The largest absolute Gasteiger partial charge is 0.496 e. The first-order valence-electron chi connectivity index (χ1n) is 5.57. The van der Waals surface area contributed by atoms with Crippen LogP contribution in [0.5, 0.6) is 5.75 Å². The van der Waals surface area contributed by atoms with E-state index in [2.05, 4.69) is 0 Å². The summed E-state index contributed by atoms with van der Waals surface area (Å²) in [7, 11) is 1.42. The van der Waals surface area contributed by atoms with E-state index in [0.717, 1.165) is 0 Å². The van der Waals surface area contributed by atoms with E-state index in [9.17, 15) is 22.8 Å². The monoisotopic (exact) mass is 302 g/mol. The van der Waals surface area contributed by atoms with Gasteiger partial charge in [0.25, 0.3) is 0 Å². The van der Waals surface area contributed by atoms with Crippen molar-refractivity contribution in [3.8, 4) is 5.75 Å². The van der Waals surface area contributed by atoms with Gasteiger partial charge >= 0.3 is 18.0 Å². The van der Waals surface area contributed by atoms with E-state index in [1.807, 2.05) is 0 Å². The summed E-state index contributed by atoms with van der Waals surface area (Å²) in [6.07, 6.45) is -5.09. The van der Waals surface area contributed by atoms with E-state index >= 15 is 0 Å². The normalized spacial score (nSPS) is 11.2. The van der Waals surface area contributed by atoms with Gasteiger partial charge in [-0.1, -0.05) is 6.07 Å². The summed E-state index contributed by atoms with van der Waals surface area (Å²) in [5.74, 6) is -3.14. The number of hydrogen-bond donors (Lipinski definition) is 2. The minimum Gasteiger partial charge on any atom is -0.496 e. The second-order valence-corrected chi connectivity index (χ2v) is 3.89. The van der Waals surface area contributed by atoms with Gasteiger partial charge in [0.05, 0.1) is 12.5 Å². The number of hydrogen-bond acceptors (Lipinski definition) is 4. The molecule has 0 fully saturated rings. The van der Waals surface area contributed by atoms with Crippen LogP contribution in [0.4, 0.5) is 13.2 Å². The fraction of sp³-hybridized carbons (Fsp3) is 0.167. The Hall–Kier alpha value is -2.71. The molecule has 1 heterocycles. The number of carbonyl (C=O) groups excluding carboxylic acids is 2. The molecule has 2 aromatic rings. The lowest BCUT2D eigenvalue weighted by Crippen LogP contribution is -2.47. The molecule has 0 spiro atoms. The highest BCUT2D eigenvalue weighted by Gasteiger charge is 2.39. The minimum absolute atomic E-state index is 0.267. The number of hydrazine groups is 1. The Morgan fingerprint density at radius 3 is 2.57 bits per heavy atom. The Morgan fingerprint density at radius 2 is 1.95 bits per heavy atom. The molecule has 0 unspecified atom stereocenters. The van der Waals surface area contributed by atoms with E-state index in [0.29, 0.717) is 16.7 Å². The molecule has 0 atom stereocenters. The van der Waals surface area contributed by atoms with Crippen LogP contribution in [0.2, 0.25) is 0 Å². The van der Waals surface area contributed by atoms with E-state index in [4.69, 9.17) is 9.15 Å². The number of methoxy groups -OCH3 is 1. The molecule has 0 saturated carbocycles. The summed E-state index contributed by atoms with van der Waals surface area (Å²) in [6, 6.07) is 6.11. The molecule has 0 aliphatic heterocycles. The van der Waals surface area contributed by atoms with Gasteiger partial charge in [-0.25, -0.2) is 0 Å². The zero-order chi connectivity index (χ0) is 15.6. The van der Waals surface area contributed by atoms with Crippen LogP contribution < -0.4 is 15.6 Å². The lowest BCUT2D eigenvalue weighted by molar-refractivity contribution is -0.174. The summed E-state index contributed by atoms with van der Waals surface area (Å²) >= 11 is 0. The first kappa shape index (κ1) is 14.7. The van der Waals surface area contributed by atoms with Crippen molar-refractivity contribution < 1.29 is 31.9 Å². The number of benzene rings is 1. The van der Waals surface area contributed by atoms with Crippen molar-refractivity contribution in [1.82, 2.24) is 10.9 Å². The summed E-state index contributed by atoms with van der Waals surface area (Å²) < 4.78 is 46.1. The molecule has 1 aromatic heterocycles. The first-order valence-corrected chi connectivity index (χ1v) is 5.57.